The molecule has 0 saturated heterocycles. The second kappa shape index (κ2) is 7.65. The van der Waals surface area contributed by atoms with Crippen molar-refractivity contribution >= 4 is 5.97 Å². The zero-order valence-corrected chi connectivity index (χ0v) is 13.4. The monoisotopic (exact) mass is 316 g/mol. The molecule has 0 aliphatic rings. The van der Waals surface area contributed by atoms with E-state index in [0.29, 0.717) is 22.8 Å². The summed E-state index contributed by atoms with van der Waals surface area (Å²) in [5.41, 5.74) is 1.15. The molecule has 5 heteroatoms. The Morgan fingerprint density at radius 2 is 1.70 bits per heavy atom. The van der Waals surface area contributed by atoms with Crippen LogP contribution in [0.2, 0.25) is 0 Å². The van der Waals surface area contributed by atoms with Crippen molar-refractivity contribution in [3.8, 4) is 17.2 Å². The number of hydrogen-bond acceptors (Lipinski definition) is 5. The molecule has 2 aromatic carbocycles. The van der Waals surface area contributed by atoms with Crippen molar-refractivity contribution < 1.29 is 24.1 Å². The van der Waals surface area contributed by atoms with Gasteiger partial charge in [0.05, 0.1) is 25.4 Å². The first-order valence-electron chi connectivity index (χ1n) is 7.29. The summed E-state index contributed by atoms with van der Waals surface area (Å²) in [7, 11) is 1.33. The van der Waals surface area contributed by atoms with Crippen molar-refractivity contribution in [2.45, 2.75) is 26.6 Å². The highest BCUT2D eigenvalue weighted by Gasteiger charge is 2.12. The zero-order valence-electron chi connectivity index (χ0n) is 13.4. The van der Waals surface area contributed by atoms with Crippen LogP contribution in [0.15, 0.2) is 42.5 Å². The van der Waals surface area contributed by atoms with E-state index in [1.807, 2.05) is 13.8 Å². The third kappa shape index (κ3) is 4.72. The quantitative estimate of drug-likeness (QED) is 0.826. The third-order valence-corrected chi connectivity index (χ3v) is 3.01. The van der Waals surface area contributed by atoms with Gasteiger partial charge in [-0.1, -0.05) is 12.1 Å². The fourth-order valence-electron chi connectivity index (χ4n) is 2.01. The Balaban J connectivity index is 2.29. The van der Waals surface area contributed by atoms with Crippen LogP contribution in [-0.4, -0.2) is 24.3 Å². The number of carbonyl (C=O) groups excluding carboxylic acids is 1. The second-order valence-electron chi connectivity index (χ2n) is 5.26. The van der Waals surface area contributed by atoms with Crippen molar-refractivity contribution in [2.75, 3.05) is 7.11 Å². The molecule has 0 aliphatic carbocycles. The van der Waals surface area contributed by atoms with Gasteiger partial charge in [0.1, 0.15) is 17.2 Å². The lowest BCUT2D eigenvalue weighted by Crippen LogP contribution is -2.07. The SMILES string of the molecule is COC(=O)c1cc(Oc2ccc(CO)cc2)cc(OC(C)C)c1. The van der Waals surface area contributed by atoms with Crippen LogP contribution in [0.25, 0.3) is 0 Å². The molecular formula is C18H20O5. The van der Waals surface area contributed by atoms with Crippen LogP contribution in [0.1, 0.15) is 29.8 Å². The van der Waals surface area contributed by atoms with Gasteiger partial charge in [0, 0.05) is 6.07 Å². The molecule has 23 heavy (non-hydrogen) atoms. The topological polar surface area (TPSA) is 65.0 Å². The Bertz CT molecular complexity index is 662. The van der Waals surface area contributed by atoms with Crippen LogP contribution in [0.4, 0.5) is 0 Å². The molecule has 0 spiro atoms. The van der Waals surface area contributed by atoms with Gasteiger partial charge in [-0.05, 0) is 43.7 Å². The minimum Gasteiger partial charge on any atom is -0.491 e. The summed E-state index contributed by atoms with van der Waals surface area (Å²) in [6.45, 7) is 3.78. The summed E-state index contributed by atoms with van der Waals surface area (Å²) in [6.07, 6.45) is -0.0282. The lowest BCUT2D eigenvalue weighted by atomic mass is 10.2. The maximum atomic E-state index is 11.8. The Labute approximate surface area is 135 Å². The van der Waals surface area contributed by atoms with Gasteiger partial charge in [-0.3, -0.25) is 0 Å². The molecule has 0 atom stereocenters. The molecule has 5 nitrogen and oxygen atoms in total. The Morgan fingerprint density at radius 1 is 1.04 bits per heavy atom. The number of rotatable bonds is 6. The van der Waals surface area contributed by atoms with E-state index >= 15 is 0 Å². The fourth-order valence-corrected chi connectivity index (χ4v) is 2.01. The Hall–Kier alpha value is -2.53. The van der Waals surface area contributed by atoms with E-state index in [-0.39, 0.29) is 12.7 Å². The Kier molecular flexibility index (Phi) is 5.60. The standard InChI is InChI=1S/C18H20O5/c1-12(2)22-16-8-14(18(20)21-3)9-17(10-16)23-15-6-4-13(11-19)5-7-15/h4-10,12,19H,11H2,1-3H3. The number of aliphatic hydroxyl groups is 1. The molecule has 0 unspecified atom stereocenters. The highest BCUT2D eigenvalue weighted by Crippen LogP contribution is 2.28. The summed E-state index contributed by atoms with van der Waals surface area (Å²) in [4.78, 5) is 11.8. The van der Waals surface area contributed by atoms with Gasteiger partial charge in [-0.25, -0.2) is 4.79 Å². The zero-order chi connectivity index (χ0) is 16.8. The molecule has 0 amide bonds. The first-order valence-corrected chi connectivity index (χ1v) is 7.29. The highest BCUT2D eigenvalue weighted by molar-refractivity contribution is 5.90. The summed E-state index contributed by atoms with van der Waals surface area (Å²) in [6, 6.07) is 12.0. The van der Waals surface area contributed by atoms with Crippen LogP contribution in [-0.2, 0) is 11.3 Å². The van der Waals surface area contributed by atoms with Gasteiger partial charge in [-0.15, -0.1) is 0 Å². The number of hydrogen-bond donors (Lipinski definition) is 1. The molecule has 0 aromatic heterocycles. The smallest absolute Gasteiger partial charge is 0.338 e. The average molecular weight is 316 g/mol. The summed E-state index contributed by atoms with van der Waals surface area (Å²) >= 11 is 0. The molecular weight excluding hydrogens is 296 g/mol. The summed E-state index contributed by atoms with van der Waals surface area (Å²) in [5, 5.41) is 9.05. The predicted octanol–water partition coefficient (Wildman–Crippen LogP) is 3.55. The van der Waals surface area contributed by atoms with Gasteiger partial charge >= 0.3 is 5.97 Å². The molecule has 0 fully saturated rings. The Morgan fingerprint density at radius 3 is 2.26 bits per heavy atom. The molecule has 1 N–H and O–H groups in total. The van der Waals surface area contributed by atoms with Crippen molar-refractivity contribution in [2.24, 2.45) is 0 Å². The van der Waals surface area contributed by atoms with Crippen molar-refractivity contribution in [1.29, 1.82) is 0 Å². The average Bonchev–Trinajstić information content (AvgIpc) is 2.54. The van der Waals surface area contributed by atoms with Crippen LogP contribution in [0.3, 0.4) is 0 Å². The van der Waals surface area contributed by atoms with Gasteiger partial charge < -0.3 is 19.3 Å². The molecule has 0 saturated carbocycles. The normalized spacial score (nSPS) is 10.5. The molecule has 0 bridgehead atoms. The van der Waals surface area contributed by atoms with Gasteiger partial charge in [-0.2, -0.15) is 0 Å². The van der Waals surface area contributed by atoms with E-state index in [9.17, 15) is 4.79 Å². The maximum absolute atomic E-state index is 11.8. The number of ether oxygens (including phenoxy) is 3. The van der Waals surface area contributed by atoms with E-state index in [0.717, 1.165) is 5.56 Å². The van der Waals surface area contributed by atoms with Crippen LogP contribution < -0.4 is 9.47 Å². The number of aliphatic hydroxyl groups excluding tert-OH is 1. The first kappa shape index (κ1) is 16.8. The molecule has 0 aliphatic heterocycles. The minimum atomic E-state index is -0.459. The third-order valence-electron chi connectivity index (χ3n) is 3.01. The molecule has 0 radical (unpaired) electrons. The van der Waals surface area contributed by atoms with Gasteiger partial charge in [0.25, 0.3) is 0 Å². The number of esters is 1. The fraction of sp³-hybridized carbons (Fsp3) is 0.278. The highest BCUT2D eigenvalue weighted by atomic mass is 16.5. The van der Waals surface area contributed by atoms with E-state index in [4.69, 9.17) is 19.3 Å². The molecule has 122 valence electrons. The van der Waals surface area contributed by atoms with Crippen LogP contribution in [0, 0.1) is 0 Å². The van der Waals surface area contributed by atoms with Crippen LogP contribution >= 0.6 is 0 Å². The number of carbonyl (C=O) groups is 1. The van der Waals surface area contributed by atoms with Crippen molar-refractivity contribution in [1.82, 2.24) is 0 Å². The molecule has 2 aromatic rings. The van der Waals surface area contributed by atoms with Crippen LogP contribution in [0.5, 0.6) is 17.2 Å². The lowest BCUT2D eigenvalue weighted by Gasteiger charge is -2.13. The van der Waals surface area contributed by atoms with Crippen molar-refractivity contribution in [3.05, 3.63) is 53.6 Å². The lowest BCUT2D eigenvalue weighted by molar-refractivity contribution is 0.0599. The summed E-state index contributed by atoms with van der Waals surface area (Å²) in [5.74, 6) is 1.14. The first-order chi connectivity index (χ1) is 11.0. The molecule has 0 heterocycles. The van der Waals surface area contributed by atoms with Crippen molar-refractivity contribution in [3.63, 3.8) is 0 Å². The van der Waals surface area contributed by atoms with E-state index in [1.165, 1.54) is 7.11 Å². The number of methoxy groups -OCH3 is 1. The second-order valence-corrected chi connectivity index (χ2v) is 5.26. The van der Waals surface area contributed by atoms with E-state index < -0.39 is 5.97 Å². The predicted molar refractivity (Wildman–Crippen MR) is 86.0 cm³/mol. The summed E-state index contributed by atoms with van der Waals surface area (Å²) < 4.78 is 16.2. The van der Waals surface area contributed by atoms with Gasteiger partial charge in [0.2, 0.25) is 0 Å². The van der Waals surface area contributed by atoms with Gasteiger partial charge in [0.15, 0.2) is 0 Å². The maximum Gasteiger partial charge on any atom is 0.338 e. The van der Waals surface area contributed by atoms with E-state index in [1.54, 1.807) is 42.5 Å². The minimum absolute atomic E-state index is 0.0233. The number of benzene rings is 2. The molecule has 2 rings (SSSR count). The largest absolute Gasteiger partial charge is 0.491 e. The van der Waals surface area contributed by atoms with E-state index in [2.05, 4.69) is 0 Å².